The van der Waals surface area contributed by atoms with E-state index < -0.39 is 31.8 Å². The molecule has 4 rings (SSSR count). The molecule has 1 N–H and O–H groups in total. The number of amides is 2. The molecular formula is C24H37N3O5Si. The zero-order valence-electron chi connectivity index (χ0n) is 20.4. The first-order valence-corrected chi connectivity index (χ1v) is 14.7. The van der Waals surface area contributed by atoms with Gasteiger partial charge in [-0.2, -0.15) is 0 Å². The Balaban J connectivity index is 1.57. The Morgan fingerprint density at radius 2 is 1.88 bits per heavy atom. The first kappa shape index (κ1) is 24.6. The van der Waals surface area contributed by atoms with Gasteiger partial charge in [-0.05, 0) is 18.1 Å². The number of hydrogen-bond donors (Lipinski definition) is 1. The van der Waals surface area contributed by atoms with Crippen LogP contribution in [0.5, 0.6) is 0 Å². The lowest BCUT2D eigenvalue weighted by molar-refractivity contribution is -0.171. The van der Waals surface area contributed by atoms with Gasteiger partial charge in [-0.1, -0.05) is 32.8 Å². The number of nitrogens with one attached hydrogen (secondary N) is 1. The number of terminal acetylenes is 1. The van der Waals surface area contributed by atoms with Crippen molar-refractivity contribution in [2.75, 3.05) is 45.9 Å². The molecule has 0 saturated carbocycles. The van der Waals surface area contributed by atoms with Crippen LogP contribution in [-0.4, -0.2) is 99.7 Å². The Labute approximate surface area is 198 Å². The van der Waals surface area contributed by atoms with Gasteiger partial charge in [-0.15, -0.1) is 6.42 Å². The Bertz CT molecular complexity index is 855. The van der Waals surface area contributed by atoms with Crippen molar-refractivity contribution >= 4 is 20.1 Å². The molecule has 3 saturated heterocycles. The summed E-state index contributed by atoms with van der Waals surface area (Å²) in [6.45, 7) is 16.5. The van der Waals surface area contributed by atoms with Crippen LogP contribution in [-0.2, 0) is 23.5 Å². The van der Waals surface area contributed by atoms with Gasteiger partial charge in [-0.3, -0.25) is 24.7 Å². The van der Waals surface area contributed by atoms with Gasteiger partial charge in [0.25, 0.3) is 0 Å². The van der Waals surface area contributed by atoms with Crippen LogP contribution < -0.4 is 5.32 Å². The smallest absolute Gasteiger partial charge is 0.250 e. The zero-order chi connectivity index (χ0) is 24.0. The summed E-state index contributed by atoms with van der Waals surface area (Å²) in [4.78, 5) is 28.9. The van der Waals surface area contributed by atoms with Crippen molar-refractivity contribution in [3.8, 4) is 12.3 Å². The lowest BCUT2D eigenvalue weighted by Crippen LogP contribution is -2.58. The van der Waals surface area contributed by atoms with Gasteiger partial charge in [0.1, 0.15) is 23.9 Å². The number of carbonyl (C=O) groups is 2. The lowest BCUT2D eigenvalue weighted by Gasteiger charge is -2.43. The van der Waals surface area contributed by atoms with E-state index in [0.717, 1.165) is 26.2 Å². The van der Waals surface area contributed by atoms with Crippen LogP contribution in [0.2, 0.25) is 18.1 Å². The minimum absolute atomic E-state index is 0.0289. The fourth-order valence-electron chi connectivity index (χ4n) is 4.93. The summed E-state index contributed by atoms with van der Waals surface area (Å²) >= 11 is 0. The minimum Gasteiger partial charge on any atom is -0.408 e. The SMILES string of the molecule is C#CCN1CCN(C[C@]23CO[C@@H](C2O[Si](C)(C)C(C)(C)C)[C@H](C2C=CC(=O)NC2=O)O3)CC1. The maximum atomic E-state index is 12.6. The molecule has 0 spiro atoms. The zero-order valence-corrected chi connectivity index (χ0v) is 21.4. The van der Waals surface area contributed by atoms with E-state index in [0.29, 0.717) is 19.7 Å². The van der Waals surface area contributed by atoms with Gasteiger partial charge < -0.3 is 13.9 Å². The van der Waals surface area contributed by atoms with E-state index in [2.05, 4.69) is 54.9 Å². The number of hydrogen-bond acceptors (Lipinski definition) is 7. The molecule has 182 valence electrons. The Kier molecular flexibility index (Phi) is 6.64. The van der Waals surface area contributed by atoms with Gasteiger partial charge in [0, 0.05) is 38.8 Å². The monoisotopic (exact) mass is 475 g/mol. The predicted octanol–water partition coefficient (Wildman–Crippen LogP) is 0.993. The number of fused-ring (bicyclic) bond motifs is 2. The van der Waals surface area contributed by atoms with E-state index in [1.54, 1.807) is 6.08 Å². The molecule has 4 aliphatic heterocycles. The fourth-order valence-corrected chi connectivity index (χ4v) is 6.27. The van der Waals surface area contributed by atoms with Crippen LogP contribution in [0.4, 0.5) is 0 Å². The normalized spacial score (nSPS) is 35.6. The highest BCUT2D eigenvalue weighted by Gasteiger charge is 2.66. The van der Waals surface area contributed by atoms with E-state index in [9.17, 15) is 9.59 Å². The van der Waals surface area contributed by atoms with Crippen molar-refractivity contribution in [1.29, 1.82) is 0 Å². The maximum absolute atomic E-state index is 12.6. The van der Waals surface area contributed by atoms with Crippen molar-refractivity contribution in [3.63, 3.8) is 0 Å². The van der Waals surface area contributed by atoms with Crippen LogP contribution in [0.1, 0.15) is 20.8 Å². The Morgan fingerprint density at radius 3 is 2.48 bits per heavy atom. The number of nitrogens with zero attached hydrogens (tertiary/aromatic N) is 2. The predicted molar refractivity (Wildman–Crippen MR) is 127 cm³/mol. The highest BCUT2D eigenvalue weighted by molar-refractivity contribution is 6.74. The molecule has 4 aliphatic rings. The molecule has 8 nitrogen and oxygen atoms in total. The third kappa shape index (κ3) is 4.70. The maximum Gasteiger partial charge on any atom is 0.250 e. The molecule has 2 bridgehead atoms. The topological polar surface area (TPSA) is 80.3 Å². The van der Waals surface area contributed by atoms with Crippen LogP contribution in [0.25, 0.3) is 0 Å². The summed E-state index contributed by atoms with van der Waals surface area (Å²) in [5.41, 5.74) is -0.644. The second-order valence-electron chi connectivity index (χ2n) is 11.2. The second-order valence-corrected chi connectivity index (χ2v) is 16.0. The number of carbonyl (C=O) groups excluding carboxylic acids is 2. The van der Waals surface area contributed by atoms with Gasteiger partial charge in [-0.25, -0.2) is 0 Å². The molecule has 4 heterocycles. The Morgan fingerprint density at radius 1 is 1.21 bits per heavy atom. The van der Waals surface area contributed by atoms with Gasteiger partial charge in [0.15, 0.2) is 8.32 Å². The molecule has 9 heteroatoms. The second kappa shape index (κ2) is 8.91. The van der Waals surface area contributed by atoms with E-state index in [1.165, 1.54) is 6.08 Å². The fraction of sp³-hybridized carbons (Fsp3) is 0.750. The van der Waals surface area contributed by atoms with E-state index in [-0.39, 0.29) is 23.2 Å². The van der Waals surface area contributed by atoms with Crippen molar-refractivity contribution < 1.29 is 23.5 Å². The number of piperazine rings is 1. The third-order valence-electron chi connectivity index (χ3n) is 7.89. The molecule has 2 amide bonds. The number of imide groups is 1. The molecule has 5 atom stereocenters. The van der Waals surface area contributed by atoms with Crippen LogP contribution in [0, 0.1) is 18.3 Å². The van der Waals surface area contributed by atoms with Crippen molar-refractivity contribution in [1.82, 2.24) is 15.1 Å². The van der Waals surface area contributed by atoms with Crippen molar-refractivity contribution in [2.24, 2.45) is 5.92 Å². The summed E-state index contributed by atoms with van der Waals surface area (Å²) in [6.07, 6.45) is 7.43. The lowest BCUT2D eigenvalue weighted by atomic mass is 9.92. The van der Waals surface area contributed by atoms with Crippen LogP contribution >= 0.6 is 0 Å². The highest BCUT2D eigenvalue weighted by atomic mass is 28.4. The van der Waals surface area contributed by atoms with Gasteiger partial charge in [0.05, 0.1) is 19.1 Å². The average Bonchev–Trinajstić information content (AvgIpc) is 3.19. The summed E-state index contributed by atoms with van der Waals surface area (Å²) in [5, 5.41) is 2.43. The van der Waals surface area contributed by atoms with Crippen LogP contribution in [0.3, 0.4) is 0 Å². The molecule has 0 radical (unpaired) electrons. The summed E-state index contributed by atoms with van der Waals surface area (Å²) in [6, 6.07) is 0. The summed E-state index contributed by atoms with van der Waals surface area (Å²) in [7, 11) is -2.14. The molecule has 0 aromatic rings. The minimum atomic E-state index is -2.14. The summed E-state index contributed by atoms with van der Waals surface area (Å²) in [5.74, 6) is 1.42. The quantitative estimate of drug-likeness (QED) is 0.349. The van der Waals surface area contributed by atoms with Crippen LogP contribution in [0.15, 0.2) is 12.2 Å². The molecule has 33 heavy (non-hydrogen) atoms. The van der Waals surface area contributed by atoms with Gasteiger partial charge in [0.2, 0.25) is 11.8 Å². The molecule has 2 unspecified atom stereocenters. The number of rotatable bonds is 6. The molecule has 0 aromatic carbocycles. The first-order chi connectivity index (χ1) is 15.5. The average molecular weight is 476 g/mol. The van der Waals surface area contributed by atoms with Gasteiger partial charge >= 0.3 is 0 Å². The third-order valence-corrected chi connectivity index (χ3v) is 12.3. The molecule has 0 aromatic heterocycles. The molecule has 0 aliphatic carbocycles. The summed E-state index contributed by atoms with van der Waals surface area (Å²) < 4.78 is 19.9. The van der Waals surface area contributed by atoms with E-state index >= 15 is 0 Å². The number of ether oxygens (including phenoxy) is 2. The highest BCUT2D eigenvalue weighted by Crippen LogP contribution is 2.49. The molecular weight excluding hydrogens is 438 g/mol. The standard InChI is InChI=1S/C24H37N3O5Si/c1-7-10-26-11-13-27(14-12-26)15-24-16-30-20(21(24)32-33(5,6)23(2,3)4)19(31-24)17-8-9-18(28)25-22(17)29/h1,8-9,17,19-21H,10-16H2,2-6H3,(H,25,28,29)/t17?,19-,20+,21?,24-/m0/s1. The van der Waals surface area contributed by atoms with Crippen molar-refractivity contribution in [3.05, 3.63) is 12.2 Å². The van der Waals surface area contributed by atoms with Crippen molar-refractivity contribution in [2.45, 2.75) is 62.8 Å². The Hall–Kier alpha value is -1.54. The largest absolute Gasteiger partial charge is 0.408 e. The molecule has 3 fully saturated rings. The van der Waals surface area contributed by atoms with E-state index in [4.69, 9.17) is 20.3 Å². The first-order valence-electron chi connectivity index (χ1n) is 11.8. The van der Waals surface area contributed by atoms with E-state index in [1.807, 2.05) is 0 Å².